The molecule has 1 heterocycles. The maximum atomic E-state index is 10.0. The van der Waals surface area contributed by atoms with Crippen LogP contribution in [-0.4, -0.2) is 39.1 Å². The van der Waals surface area contributed by atoms with Gasteiger partial charge >= 0.3 is 0 Å². The zero-order valence-electron chi connectivity index (χ0n) is 10.0. The number of morpholine rings is 1. The first kappa shape index (κ1) is 12.0. The van der Waals surface area contributed by atoms with Crippen LogP contribution in [0.5, 0.6) is 17.2 Å². The molecule has 17 heavy (non-hydrogen) atoms. The van der Waals surface area contributed by atoms with E-state index in [2.05, 4.69) is 5.32 Å². The van der Waals surface area contributed by atoms with Crippen LogP contribution in [0, 0.1) is 0 Å². The highest BCUT2D eigenvalue weighted by Crippen LogP contribution is 2.38. The van der Waals surface area contributed by atoms with E-state index in [-0.39, 0.29) is 11.8 Å². The van der Waals surface area contributed by atoms with Gasteiger partial charge in [0.2, 0.25) is 0 Å². The van der Waals surface area contributed by atoms with E-state index in [0.717, 1.165) is 6.54 Å². The molecule has 5 nitrogen and oxygen atoms in total. The van der Waals surface area contributed by atoms with Crippen LogP contribution in [0.25, 0.3) is 0 Å². The lowest BCUT2D eigenvalue weighted by molar-refractivity contribution is 0.0752. The van der Waals surface area contributed by atoms with Crippen molar-refractivity contribution >= 4 is 0 Å². The molecule has 0 aromatic heterocycles. The third-order valence-electron chi connectivity index (χ3n) is 2.82. The minimum absolute atomic E-state index is 0.0513. The molecule has 0 bridgehead atoms. The quantitative estimate of drug-likeness (QED) is 0.826. The fraction of sp³-hybridized carbons (Fsp3) is 0.500. The van der Waals surface area contributed by atoms with Crippen molar-refractivity contribution in [2.24, 2.45) is 0 Å². The number of rotatable bonds is 3. The van der Waals surface area contributed by atoms with Crippen LogP contribution >= 0.6 is 0 Å². The van der Waals surface area contributed by atoms with Crippen LogP contribution in [0.3, 0.4) is 0 Å². The first-order valence-electron chi connectivity index (χ1n) is 5.52. The van der Waals surface area contributed by atoms with Crippen molar-refractivity contribution in [3.05, 3.63) is 17.7 Å². The number of phenols is 1. The van der Waals surface area contributed by atoms with Gasteiger partial charge in [-0.3, -0.25) is 0 Å². The van der Waals surface area contributed by atoms with Gasteiger partial charge in [-0.1, -0.05) is 0 Å². The molecule has 1 aliphatic rings. The van der Waals surface area contributed by atoms with Crippen LogP contribution in [-0.2, 0) is 4.74 Å². The molecule has 1 aliphatic heterocycles. The van der Waals surface area contributed by atoms with Crippen molar-refractivity contribution in [2.75, 3.05) is 34.0 Å². The van der Waals surface area contributed by atoms with Gasteiger partial charge in [-0.05, 0) is 0 Å². The molecule has 0 amide bonds. The smallest absolute Gasteiger partial charge is 0.131 e. The topological polar surface area (TPSA) is 60.0 Å². The lowest BCUT2D eigenvalue weighted by Gasteiger charge is -2.26. The molecule has 1 aromatic carbocycles. The third kappa shape index (κ3) is 2.45. The van der Waals surface area contributed by atoms with Gasteiger partial charge in [0.25, 0.3) is 0 Å². The van der Waals surface area contributed by atoms with Crippen LogP contribution < -0.4 is 14.8 Å². The molecule has 0 aliphatic carbocycles. The minimum atomic E-state index is -0.0513. The van der Waals surface area contributed by atoms with E-state index in [0.29, 0.717) is 30.3 Å². The predicted octanol–water partition coefficient (Wildman–Crippen LogP) is 1.07. The second-order valence-corrected chi connectivity index (χ2v) is 3.84. The summed E-state index contributed by atoms with van der Waals surface area (Å²) in [6.45, 7) is 1.98. The predicted molar refractivity (Wildman–Crippen MR) is 62.8 cm³/mol. The number of hydrogen-bond acceptors (Lipinski definition) is 5. The van der Waals surface area contributed by atoms with Gasteiger partial charge in [0.1, 0.15) is 17.2 Å². The Morgan fingerprint density at radius 2 is 2.18 bits per heavy atom. The van der Waals surface area contributed by atoms with E-state index >= 15 is 0 Å². The van der Waals surface area contributed by atoms with Crippen LogP contribution in [0.1, 0.15) is 11.6 Å². The lowest BCUT2D eigenvalue weighted by Crippen LogP contribution is -2.34. The van der Waals surface area contributed by atoms with E-state index in [1.54, 1.807) is 26.4 Å². The highest BCUT2D eigenvalue weighted by molar-refractivity contribution is 5.51. The summed E-state index contributed by atoms with van der Waals surface area (Å²) in [6, 6.07) is 3.28. The molecule has 2 N–H and O–H groups in total. The highest BCUT2D eigenvalue weighted by atomic mass is 16.5. The van der Waals surface area contributed by atoms with Crippen molar-refractivity contribution in [2.45, 2.75) is 6.04 Å². The standard InChI is InChI=1S/C12H17NO4/c1-15-8-5-10(14)12(11(6-8)16-2)9-7-17-4-3-13-9/h5-6,9,13-14H,3-4,7H2,1-2H3. The van der Waals surface area contributed by atoms with Crippen molar-refractivity contribution in [3.63, 3.8) is 0 Å². The fourth-order valence-corrected chi connectivity index (χ4v) is 1.98. The maximum Gasteiger partial charge on any atom is 0.131 e. The van der Waals surface area contributed by atoms with Crippen LogP contribution in [0.4, 0.5) is 0 Å². The molecule has 2 rings (SSSR count). The highest BCUT2D eigenvalue weighted by Gasteiger charge is 2.23. The third-order valence-corrected chi connectivity index (χ3v) is 2.82. The number of ether oxygens (including phenoxy) is 3. The van der Waals surface area contributed by atoms with Gasteiger partial charge in [0.15, 0.2) is 0 Å². The second kappa shape index (κ2) is 5.25. The van der Waals surface area contributed by atoms with Crippen LogP contribution in [0.15, 0.2) is 12.1 Å². The Morgan fingerprint density at radius 1 is 1.35 bits per heavy atom. The molecular weight excluding hydrogens is 222 g/mol. The van der Waals surface area contributed by atoms with Gasteiger partial charge in [-0.15, -0.1) is 0 Å². The summed E-state index contributed by atoms with van der Waals surface area (Å²) in [5.41, 5.74) is 0.716. The Labute approximate surface area is 100 Å². The number of hydrogen-bond donors (Lipinski definition) is 2. The molecule has 1 saturated heterocycles. The Hall–Kier alpha value is -1.46. The molecule has 94 valence electrons. The second-order valence-electron chi connectivity index (χ2n) is 3.84. The van der Waals surface area contributed by atoms with E-state index in [4.69, 9.17) is 14.2 Å². The maximum absolute atomic E-state index is 10.0. The molecule has 0 radical (unpaired) electrons. The van der Waals surface area contributed by atoms with E-state index in [1.807, 2.05) is 0 Å². The van der Waals surface area contributed by atoms with Crippen molar-refractivity contribution in [1.29, 1.82) is 0 Å². The summed E-state index contributed by atoms with van der Waals surface area (Å²) in [5, 5.41) is 13.3. The Kier molecular flexibility index (Phi) is 3.71. The summed E-state index contributed by atoms with van der Waals surface area (Å²) in [4.78, 5) is 0. The minimum Gasteiger partial charge on any atom is -0.507 e. The number of methoxy groups -OCH3 is 2. The SMILES string of the molecule is COc1cc(O)c(C2COCCN2)c(OC)c1. The fourth-order valence-electron chi connectivity index (χ4n) is 1.98. The average molecular weight is 239 g/mol. The van der Waals surface area contributed by atoms with E-state index in [9.17, 15) is 5.11 Å². The van der Waals surface area contributed by atoms with Gasteiger partial charge < -0.3 is 24.6 Å². The zero-order valence-corrected chi connectivity index (χ0v) is 10.0. The number of aromatic hydroxyl groups is 1. The summed E-state index contributed by atoms with van der Waals surface area (Å²) in [6.07, 6.45) is 0. The molecular formula is C12H17NO4. The Morgan fingerprint density at radius 3 is 2.76 bits per heavy atom. The normalized spacial score (nSPS) is 20.0. The number of benzene rings is 1. The summed E-state index contributed by atoms with van der Waals surface area (Å²) >= 11 is 0. The van der Waals surface area contributed by atoms with Crippen LogP contribution in [0.2, 0.25) is 0 Å². The summed E-state index contributed by atoms with van der Waals surface area (Å²) < 4.78 is 15.8. The van der Waals surface area contributed by atoms with E-state index in [1.165, 1.54) is 0 Å². The molecule has 5 heteroatoms. The first-order chi connectivity index (χ1) is 8.26. The summed E-state index contributed by atoms with van der Waals surface area (Å²) in [5.74, 6) is 1.33. The molecule has 0 saturated carbocycles. The largest absolute Gasteiger partial charge is 0.507 e. The number of phenolic OH excluding ortho intramolecular Hbond substituents is 1. The van der Waals surface area contributed by atoms with Gasteiger partial charge in [0, 0.05) is 18.7 Å². The average Bonchev–Trinajstić information content (AvgIpc) is 2.38. The van der Waals surface area contributed by atoms with Crippen molar-refractivity contribution in [3.8, 4) is 17.2 Å². The van der Waals surface area contributed by atoms with E-state index < -0.39 is 0 Å². The van der Waals surface area contributed by atoms with Gasteiger partial charge in [0.05, 0.1) is 39.0 Å². The molecule has 1 atom stereocenters. The van der Waals surface area contributed by atoms with Crippen molar-refractivity contribution in [1.82, 2.24) is 5.32 Å². The Bertz CT molecular complexity index is 388. The monoisotopic (exact) mass is 239 g/mol. The van der Waals surface area contributed by atoms with Gasteiger partial charge in [-0.2, -0.15) is 0 Å². The molecule has 1 aromatic rings. The Balaban J connectivity index is 2.36. The summed E-state index contributed by atoms with van der Waals surface area (Å²) in [7, 11) is 3.12. The molecule has 1 fully saturated rings. The molecule has 0 spiro atoms. The zero-order chi connectivity index (χ0) is 12.3. The lowest BCUT2D eigenvalue weighted by atomic mass is 10.0. The molecule has 1 unspecified atom stereocenters. The number of nitrogens with one attached hydrogen (secondary N) is 1. The van der Waals surface area contributed by atoms with Crippen molar-refractivity contribution < 1.29 is 19.3 Å². The van der Waals surface area contributed by atoms with Gasteiger partial charge in [-0.25, -0.2) is 0 Å². The first-order valence-corrected chi connectivity index (χ1v) is 5.52.